The van der Waals surface area contributed by atoms with Crippen LogP contribution in [0.3, 0.4) is 0 Å². The van der Waals surface area contributed by atoms with Gasteiger partial charge >= 0.3 is 12.2 Å². The Morgan fingerprint density at radius 2 is 1.20 bits per heavy atom. The molecule has 0 saturated carbocycles. The second-order valence-electron chi connectivity index (χ2n) is 16.3. The first-order chi connectivity index (χ1) is 29.5. The Hall–Kier alpha value is -6.48. The zero-order valence-corrected chi connectivity index (χ0v) is 35.4. The van der Waals surface area contributed by atoms with Crippen molar-refractivity contribution in [3.63, 3.8) is 0 Å². The van der Waals surface area contributed by atoms with Gasteiger partial charge in [0, 0.05) is 26.1 Å². The molecule has 6 unspecified atom stereocenters. The number of amides is 4. The number of H-pyrrole nitrogens is 2. The van der Waals surface area contributed by atoms with Crippen LogP contribution in [0.15, 0.2) is 91.3 Å². The third kappa shape index (κ3) is 9.46. The van der Waals surface area contributed by atoms with Crippen molar-refractivity contribution in [2.24, 2.45) is 17.8 Å². The second-order valence-corrected chi connectivity index (χ2v) is 16.3. The van der Waals surface area contributed by atoms with Gasteiger partial charge in [0.15, 0.2) is 0 Å². The van der Waals surface area contributed by atoms with Crippen molar-refractivity contribution in [3.05, 3.63) is 108 Å². The largest absolute Gasteiger partial charge is 0.453 e. The second kappa shape index (κ2) is 18.8. The van der Waals surface area contributed by atoms with E-state index in [0.29, 0.717) is 43.3 Å². The molecule has 2 saturated heterocycles. The van der Waals surface area contributed by atoms with E-state index in [0.717, 1.165) is 40.1 Å². The Balaban J connectivity index is 1.03. The number of carbonyl (C=O) groups excluding carboxylic acids is 4. The fraction of sp³-hybridized carbons (Fsp3) is 0.391. The highest BCUT2D eigenvalue weighted by atomic mass is 16.5. The number of benzene rings is 3. The van der Waals surface area contributed by atoms with Crippen molar-refractivity contribution < 1.29 is 33.4 Å². The van der Waals surface area contributed by atoms with E-state index in [1.165, 1.54) is 14.2 Å². The molecule has 0 spiro atoms. The van der Waals surface area contributed by atoms with Crippen molar-refractivity contribution in [2.45, 2.75) is 57.8 Å². The van der Waals surface area contributed by atoms with Gasteiger partial charge in [-0.1, -0.05) is 99.6 Å². The normalized spacial score (nSPS) is 19.7. The van der Waals surface area contributed by atoms with Crippen LogP contribution >= 0.6 is 0 Å². The monoisotopic (exact) mass is 830 g/mol. The minimum atomic E-state index is -0.897. The number of nitrogens with zero attached hydrogens (tertiary/aromatic N) is 4. The Morgan fingerprint density at radius 3 is 1.72 bits per heavy atom. The molecule has 3 aromatic carbocycles. The molecule has 15 heteroatoms. The Kier molecular flexibility index (Phi) is 13.2. The van der Waals surface area contributed by atoms with E-state index in [1.54, 1.807) is 29.3 Å². The average Bonchev–Trinajstić information content (AvgIpc) is 4.11. The molecule has 0 radical (unpaired) electrons. The smallest absolute Gasteiger partial charge is 0.407 e. The van der Waals surface area contributed by atoms with Crippen LogP contribution in [0, 0.1) is 17.8 Å². The van der Waals surface area contributed by atoms with Gasteiger partial charge in [0.2, 0.25) is 5.91 Å². The third-order valence-electron chi connectivity index (χ3n) is 11.6. The molecule has 5 aromatic rings. The van der Waals surface area contributed by atoms with Crippen molar-refractivity contribution in [1.29, 1.82) is 0 Å². The van der Waals surface area contributed by atoms with Gasteiger partial charge in [0.05, 0.1) is 56.7 Å². The van der Waals surface area contributed by atoms with E-state index >= 15 is 0 Å². The van der Waals surface area contributed by atoms with Crippen molar-refractivity contribution in [3.8, 4) is 33.6 Å². The molecule has 61 heavy (non-hydrogen) atoms. The van der Waals surface area contributed by atoms with Crippen molar-refractivity contribution >= 4 is 24.0 Å². The molecule has 4 amide bonds. The van der Waals surface area contributed by atoms with Crippen LogP contribution in [0.5, 0.6) is 0 Å². The van der Waals surface area contributed by atoms with Gasteiger partial charge in [0.1, 0.15) is 23.7 Å². The molecule has 6 atom stereocenters. The highest BCUT2D eigenvalue weighted by Crippen LogP contribution is 2.38. The summed E-state index contributed by atoms with van der Waals surface area (Å²) in [5.74, 6) is 1.17. The summed E-state index contributed by atoms with van der Waals surface area (Å²) in [5, 5.41) is 5.43. The van der Waals surface area contributed by atoms with E-state index in [2.05, 4.69) is 51.8 Å². The number of ether oxygens (including phenoxy) is 3. The number of nitrogens with one attached hydrogen (secondary N) is 4. The topological polar surface area (TPSA) is 184 Å². The highest BCUT2D eigenvalue weighted by molar-refractivity contribution is 5.88. The molecule has 2 fully saturated rings. The number of carbonyl (C=O) groups is 4. The maximum Gasteiger partial charge on any atom is 0.407 e. The standard InChI is InChI=1S/C46H54N8O7/c1-27(2)39(51-45(57)60-5)43(55)54-25-29(26-59-4)21-38(54)42-48-23-36(50-42)33-18-14-31(15-19-33)30-12-16-32(17-13-30)35-22-47-41(49-35)37-20-28(3)24-53(37)44(56)40(52-46(58)61-6)34-10-8-7-9-11-34/h7-19,22-23,27-29,37-40H,20-21,24-26H2,1-6H3,(H,47,49)(H,48,50)(H,51,57)(H,52,58). The van der Waals surface area contributed by atoms with Crippen molar-refractivity contribution in [1.82, 2.24) is 40.4 Å². The molecular weight excluding hydrogens is 777 g/mol. The van der Waals surface area contributed by atoms with E-state index in [-0.39, 0.29) is 41.7 Å². The van der Waals surface area contributed by atoms with Crippen LogP contribution < -0.4 is 10.6 Å². The lowest BCUT2D eigenvalue weighted by Gasteiger charge is -2.30. The third-order valence-corrected chi connectivity index (χ3v) is 11.6. The summed E-state index contributed by atoms with van der Waals surface area (Å²) in [4.78, 5) is 72.3. The summed E-state index contributed by atoms with van der Waals surface area (Å²) in [6.45, 7) is 7.42. The number of hydrogen-bond acceptors (Lipinski definition) is 9. The van der Waals surface area contributed by atoms with Gasteiger partial charge in [-0.15, -0.1) is 0 Å². The van der Waals surface area contributed by atoms with Gasteiger partial charge < -0.3 is 44.6 Å². The van der Waals surface area contributed by atoms with E-state index in [4.69, 9.17) is 24.2 Å². The van der Waals surface area contributed by atoms with Crippen LogP contribution in [0.1, 0.15) is 69.0 Å². The number of aromatic nitrogens is 4. The van der Waals surface area contributed by atoms with Crippen LogP contribution in [0.25, 0.3) is 33.6 Å². The van der Waals surface area contributed by atoms with Crippen LogP contribution in [-0.2, 0) is 23.8 Å². The van der Waals surface area contributed by atoms with Crippen LogP contribution in [0.2, 0.25) is 0 Å². The summed E-state index contributed by atoms with van der Waals surface area (Å²) in [6, 6.07) is 23.4. The molecule has 2 aliphatic heterocycles. The van der Waals surface area contributed by atoms with Gasteiger partial charge in [0.25, 0.3) is 5.91 Å². The lowest BCUT2D eigenvalue weighted by Crippen LogP contribution is -2.51. The fourth-order valence-electron chi connectivity index (χ4n) is 8.47. The molecule has 2 aromatic heterocycles. The average molecular weight is 831 g/mol. The summed E-state index contributed by atoms with van der Waals surface area (Å²) in [6.07, 6.45) is 3.67. The van der Waals surface area contributed by atoms with Gasteiger partial charge in [-0.05, 0) is 52.5 Å². The zero-order valence-electron chi connectivity index (χ0n) is 35.4. The fourth-order valence-corrected chi connectivity index (χ4v) is 8.47. The SMILES string of the molecule is COCC1CC(c2ncc(-c3ccc(-c4ccc(-c5cnc(C6CC(C)CN6C(=O)C(NC(=O)OC)c6ccccc6)[nH]5)cc4)cc3)[nH]2)N(C(=O)C(NC(=O)OC)C(C)C)C1. The lowest BCUT2D eigenvalue weighted by molar-refractivity contribution is -0.136. The number of aromatic amines is 2. The zero-order chi connectivity index (χ0) is 43.2. The molecule has 15 nitrogen and oxygen atoms in total. The quantitative estimate of drug-likeness (QED) is 0.0965. The lowest BCUT2D eigenvalue weighted by atomic mass is 10.0. The Labute approximate surface area is 355 Å². The molecular formula is C46H54N8O7. The molecule has 4 N–H and O–H groups in total. The van der Waals surface area contributed by atoms with Gasteiger partial charge in [-0.25, -0.2) is 19.6 Å². The summed E-state index contributed by atoms with van der Waals surface area (Å²) >= 11 is 0. The maximum atomic E-state index is 14.1. The first-order valence-electron chi connectivity index (χ1n) is 20.6. The molecule has 320 valence electrons. The minimum absolute atomic E-state index is 0.119. The van der Waals surface area contributed by atoms with Crippen LogP contribution in [-0.4, -0.2) is 101 Å². The summed E-state index contributed by atoms with van der Waals surface area (Å²) in [7, 11) is 4.22. The van der Waals surface area contributed by atoms with Crippen molar-refractivity contribution in [2.75, 3.05) is 41.0 Å². The number of methoxy groups -OCH3 is 3. The van der Waals surface area contributed by atoms with Crippen LogP contribution in [0.4, 0.5) is 9.59 Å². The van der Waals surface area contributed by atoms with E-state index < -0.39 is 24.3 Å². The number of imidazole rings is 2. The predicted octanol–water partition coefficient (Wildman–Crippen LogP) is 7.06. The summed E-state index contributed by atoms with van der Waals surface area (Å²) < 4.78 is 15.1. The number of hydrogen-bond donors (Lipinski definition) is 4. The first kappa shape index (κ1) is 42.6. The van der Waals surface area contributed by atoms with Gasteiger partial charge in [-0.3, -0.25) is 9.59 Å². The maximum absolute atomic E-state index is 14.1. The first-order valence-corrected chi connectivity index (χ1v) is 20.6. The molecule has 2 aliphatic rings. The molecule has 7 rings (SSSR count). The number of likely N-dealkylation sites (tertiary alicyclic amines) is 2. The van der Waals surface area contributed by atoms with Gasteiger partial charge in [-0.2, -0.15) is 0 Å². The van der Waals surface area contributed by atoms with E-state index in [9.17, 15) is 19.2 Å². The minimum Gasteiger partial charge on any atom is -0.453 e. The molecule has 4 heterocycles. The highest BCUT2D eigenvalue weighted by Gasteiger charge is 2.42. The molecule has 0 aliphatic carbocycles. The number of alkyl carbamates (subject to hydrolysis) is 2. The Morgan fingerprint density at radius 1 is 0.689 bits per heavy atom. The van der Waals surface area contributed by atoms with E-state index in [1.807, 2.05) is 68.4 Å². The Bertz CT molecular complexity index is 2290. The summed E-state index contributed by atoms with van der Waals surface area (Å²) in [5.41, 5.74) is 6.32. The number of rotatable bonds is 13. The predicted molar refractivity (Wildman–Crippen MR) is 229 cm³/mol. The molecule has 0 bridgehead atoms.